The number of rotatable bonds is 5. The summed E-state index contributed by atoms with van der Waals surface area (Å²) in [6.07, 6.45) is 0.242. The molecule has 1 rings (SSSR count). The molecule has 0 aliphatic rings. The quantitative estimate of drug-likeness (QED) is 0.597. The monoisotopic (exact) mass is 222 g/mol. The first-order valence-corrected chi connectivity index (χ1v) is 4.85. The van der Waals surface area contributed by atoms with Crippen LogP contribution in [0.15, 0.2) is 24.3 Å². The molecule has 1 atom stereocenters. The molecule has 0 amide bonds. The Morgan fingerprint density at radius 2 is 1.81 bits per heavy atom. The van der Waals surface area contributed by atoms with E-state index in [1.165, 1.54) is 0 Å². The van der Waals surface area contributed by atoms with Crippen LogP contribution in [0.2, 0.25) is 0 Å². The molecule has 1 aromatic rings. The van der Waals surface area contributed by atoms with Gasteiger partial charge in [0, 0.05) is 5.56 Å². The number of carboxylic acids is 1. The number of benzene rings is 1. The highest BCUT2D eigenvalue weighted by atomic mass is 16.4. The molecule has 86 valence electrons. The minimum absolute atomic E-state index is 0.0337. The van der Waals surface area contributed by atoms with E-state index >= 15 is 0 Å². The van der Waals surface area contributed by atoms with Crippen LogP contribution in [0.3, 0.4) is 0 Å². The highest BCUT2D eigenvalue weighted by molar-refractivity contribution is 5.97. The van der Waals surface area contributed by atoms with E-state index < -0.39 is 12.0 Å². The molecule has 5 N–H and O–H groups in total. The van der Waals surface area contributed by atoms with Crippen molar-refractivity contribution in [1.82, 2.24) is 0 Å². The van der Waals surface area contributed by atoms with Crippen LogP contribution < -0.4 is 11.5 Å². The van der Waals surface area contributed by atoms with Crippen molar-refractivity contribution in [3.05, 3.63) is 35.4 Å². The van der Waals surface area contributed by atoms with E-state index in [1.807, 2.05) is 0 Å². The predicted molar refractivity (Wildman–Crippen MR) is 59.1 cm³/mol. The largest absolute Gasteiger partial charge is 0.480 e. The minimum atomic E-state index is -1.04. The highest BCUT2D eigenvalue weighted by Crippen LogP contribution is 2.07. The number of hydrogen-bond acceptors (Lipinski definition) is 4. The summed E-state index contributed by atoms with van der Waals surface area (Å²) in [6.45, 7) is -0.0337. The fraction of sp³-hybridized carbons (Fsp3) is 0.273. The fourth-order valence-corrected chi connectivity index (χ4v) is 1.29. The first kappa shape index (κ1) is 12.4. The maximum absolute atomic E-state index is 11.2. The van der Waals surface area contributed by atoms with E-state index in [1.54, 1.807) is 24.3 Å². The molecule has 5 nitrogen and oxygen atoms in total. The van der Waals surface area contributed by atoms with E-state index in [9.17, 15) is 9.59 Å². The summed E-state index contributed by atoms with van der Waals surface area (Å²) in [4.78, 5) is 21.7. The maximum Gasteiger partial charge on any atom is 0.320 e. The van der Waals surface area contributed by atoms with E-state index in [2.05, 4.69) is 0 Å². The van der Waals surface area contributed by atoms with Crippen LogP contribution >= 0.6 is 0 Å². The normalized spacial score (nSPS) is 12.1. The molecule has 1 aromatic carbocycles. The van der Waals surface area contributed by atoms with Gasteiger partial charge >= 0.3 is 5.97 Å². The predicted octanol–water partition coefficient (Wildman–Crippen LogP) is -0.218. The molecule has 0 aliphatic heterocycles. The van der Waals surface area contributed by atoms with E-state index in [-0.39, 0.29) is 18.7 Å². The highest BCUT2D eigenvalue weighted by Gasteiger charge is 2.12. The zero-order valence-corrected chi connectivity index (χ0v) is 8.72. The molecule has 0 spiro atoms. The van der Waals surface area contributed by atoms with Gasteiger partial charge in [0.25, 0.3) is 0 Å². The van der Waals surface area contributed by atoms with Crippen molar-refractivity contribution in [2.75, 3.05) is 6.54 Å². The van der Waals surface area contributed by atoms with E-state index in [0.29, 0.717) is 5.56 Å². The van der Waals surface area contributed by atoms with Crippen LogP contribution in [0.25, 0.3) is 0 Å². The van der Waals surface area contributed by atoms with Gasteiger partial charge in [-0.05, 0) is 12.0 Å². The Morgan fingerprint density at radius 3 is 2.25 bits per heavy atom. The first-order chi connectivity index (χ1) is 7.54. The molecule has 0 saturated carbocycles. The number of carboxylic acid groups (broad SMARTS) is 1. The molecular formula is C11H14N2O3. The SMILES string of the molecule is NCC(=O)c1ccc(C[C@H](N)C(=O)O)cc1. The lowest BCUT2D eigenvalue weighted by Gasteiger charge is -2.06. The van der Waals surface area contributed by atoms with Crippen molar-refractivity contribution in [3.8, 4) is 0 Å². The van der Waals surface area contributed by atoms with Crippen molar-refractivity contribution in [3.63, 3.8) is 0 Å². The third kappa shape index (κ3) is 3.15. The molecule has 0 aliphatic carbocycles. The topological polar surface area (TPSA) is 106 Å². The zero-order chi connectivity index (χ0) is 12.1. The molecule has 0 heterocycles. The summed E-state index contributed by atoms with van der Waals surface area (Å²) in [7, 11) is 0. The second-order valence-electron chi connectivity index (χ2n) is 3.47. The number of nitrogens with two attached hydrogens (primary N) is 2. The summed E-state index contributed by atoms with van der Waals surface area (Å²) in [6, 6.07) is 5.70. The summed E-state index contributed by atoms with van der Waals surface area (Å²) >= 11 is 0. The number of carbonyl (C=O) groups is 2. The van der Waals surface area contributed by atoms with Crippen molar-refractivity contribution in [1.29, 1.82) is 0 Å². The lowest BCUT2D eigenvalue weighted by molar-refractivity contribution is -0.138. The number of ketones is 1. The number of hydrogen-bond donors (Lipinski definition) is 3. The van der Waals surface area contributed by atoms with E-state index in [0.717, 1.165) is 5.56 Å². The third-order valence-corrected chi connectivity index (χ3v) is 2.23. The first-order valence-electron chi connectivity index (χ1n) is 4.85. The second kappa shape index (κ2) is 5.39. The molecule has 0 fully saturated rings. The van der Waals surface area contributed by atoms with Crippen LogP contribution in [0.1, 0.15) is 15.9 Å². The van der Waals surface area contributed by atoms with Gasteiger partial charge in [-0.3, -0.25) is 9.59 Å². The average molecular weight is 222 g/mol. The molecule has 0 unspecified atom stereocenters. The zero-order valence-electron chi connectivity index (χ0n) is 8.72. The Morgan fingerprint density at radius 1 is 1.25 bits per heavy atom. The lowest BCUT2D eigenvalue weighted by atomic mass is 10.0. The van der Waals surface area contributed by atoms with Gasteiger partial charge in [0.2, 0.25) is 0 Å². The van der Waals surface area contributed by atoms with Crippen molar-refractivity contribution < 1.29 is 14.7 Å². The molecule has 0 saturated heterocycles. The molecule has 16 heavy (non-hydrogen) atoms. The summed E-state index contributed by atoms with van der Waals surface area (Å²) in [5.41, 5.74) is 11.9. The van der Waals surface area contributed by atoms with Crippen molar-refractivity contribution in [2.45, 2.75) is 12.5 Å². The van der Waals surface area contributed by atoms with Gasteiger partial charge in [-0.15, -0.1) is 0 Å². The molecule has 5 heteroatoms. The third-order valence-electron chi connectivity index (χ3n) is 2.23. The maximum atomic E-state index is 11.2. The summed E-state index contributed by atoms with van der Waals surface area (Å²) < 4.78 is 0. The number of carbonyl (C=O) groups excluding carboxylic acids is 1. The van der Waals surface area contributed by atoms with Gasteiger partial charge in [-0.1, -0.05) is 24.3 Å². The summed E-state index contributed by atoms with van der Waals surface area (Å²) in [5, 5.41) is 8.63. The molecule has 0 radical (unpaired) electrons. The van der Waals surface area contributed by atoms with Gasteiger partial charge in [0.15, 0.2) is 5.78 Å². The van der Waals surface area contributed by atoms with Crippen LogP contribution in [-0.4, -0.2) is 29.4 Å². The van der Waals surface area contributed by atoms with E-state index in [4.69, 9.17) is 16.6 Å². The van der Waals surface area contributed by atoms with Gasteiger partial charge in [0.1, 0.15) is 6.04 Å². The molecule has 0 aromatic heterocycles. The fourth-order valence-electron chi connectivity index (χ4n) is 1.29. The lowest BCUT2D eigenvalue weighted by Crippen LogP contribution is -2.32. The van der Waals surface area contributed by atoms with Crippen LogP contribution in [0.4, 0.5) is 0 Å². The Hall–Kier alpha value is -1.72. The standard InChI is InChI=1S/C11H14N2O3/c12-6-10(14)8-3-1-7(2-4-8)5-9(13)11(15)16/h1-4,9H,5-6,12-13H2,(H,15,16)/t9-/m0/s1. The number of aliphatic carboxylic acids is 1. The molecule has 0 bridgehead atoms. The van der Waals surface area contributed by atoms with Crippen LogP contribution in [-0.2, 0) is 11.2 Å². The Kier molecular flexibility index (Phi) is 4.16. The van der Waals surface area contributed by atoms with Gasteiger partial charge in [0.05, 0.1) is 6.54 Å². The van der Waals surface area contributed by atoms with Crippen molar-refractivity contribution >= 4 is 11.8 Å². The van der Waals surface area contributed by atoms with Gasteiger partial charge < -0.3 is 16.6 Å². The average Bonchev–Trinajstić information content (AvgIpc) is 2.28. The van der Waals surface area contributed by atoms with Gasteiger partial charge in [-0.2, -0.15) is 0 Å². The van der Waals surface area contributed by atoms with Crippen molar-refractivity contribution in [2.24, 2.45) is 11.5 Å². The summed E-state index contributed by atoms with van der Waals surface area (Å²) in [5.74, 6) is -1.18. The Balaban J connectivity index is 2.72. The minimum Gasteiger partial charge on any atom is -0.480 e. The van der Waals surface area contributed by atoms with Crippen LogP contribution in [0, 0.1) is 0 Å². The van der Waals surface area contributed by atoms with Gasteiger partial charge in [-0.25, -0.2) is 0 Å². The number of Topliss-reactive ketones (excluding diaryl/α,β-unsaturated/α-hetero) is 1. The van der Waals surface area contributed by atoms with Crippen LogP contribution in [0.5, 0.6) is 0 Å². The second-order valence-corrected chi connectivity index (χ2v) is 3.47. The molecular weight excluding hydrogens is 208 g/mol. The Bertz CT molecular complexity index is 387. The Labute approximate surface area is 93.1 Å². The smallest absolute Gasteiger partial charge is 0.320 e.